The molecule has 19 heavy (non-hydrogen) atoms. The third-order valence-corrected chi connectivity index (χ3v) is 3.04. The van der Waals surface area contributed by atoms with Crippen molar-refractivity contribution in [3.05, 3.63) is 30.1 Å². The molecule has 1 rings (SSSR count). The molecule has 1 unspecified atom stereocenters. The van der Waals surface area contributed by atoms with Crippen molar-refractivity contribution < 1.29 is 13.2 Å². The van der Waals surface area contributed by atoms with E-state index in [0.29, 0.717) is 6.42 Å². The van der Waals surface area contributed by atoms with Crippen LogP contribution in [-0.2, 0) is 6.42 Å². The van der Waals surface area contributed by atoms with Gasteiger partial charge >= 0.3 is 6.18 Å². The summed E-state index contributed by atoms with van der Waals surface area (Å²) in [5.74, 6) is 0. The number of nitrogens with one attached hydrogen (secondary N) is 1. The number of alkyl halides is 3. The van der Waals surface area contributed by atoms with Crippen molar-refractivity contribution in [1.29, 1.82) is 0 Å². The van der Waals surface area contributed by atoms with Gasteiger partial charge in [0, 0.05) is 24.9 Å². The van der Waals surface area contributed by atoms with E-state index in [1.807, 2.05) is 19.1 Å². The first kappa shape index (κ1) is 16.0. The molecule has 1 N–H and O–H groups in total. The number of pyridine rings is 1. The van der Waals surface area contributed by atoms with E-state index in [2.05, 4.69) is 10.3 Å². The molecule has 0 aromatic carbocycles. The van der Waals surface area contributed by atoms with E-state index < -0.39 is 12.6 Å². The first-order valence-electron chi connectivity index (χ1n) is 6.70. The van der Waals surface area contributed by atoms with Crippen molar-refractivity contribution >= 4 is 0 Å². The highest BCUT2D eigenvalue weighted by molar-refractivity contribution is 5.09. The van der Waals surface area contributed by atoms with Crippen LogP contribution in [0.15, 0.2) is 24.5 Å². The number of nitrogens with zero attached hydrogens (tertiary/aromatic N) is 1. The second-order valence-corrected chi connectivity index (χ2v) is 4.66. The van der Waals surface area contributed by atoms with Crippen LogP contribution < -0.4 is 5.32 Å². The summed E-state index contributed by atoms with van der Waals surface area (Å²) >= 11 is 0. The van der Waals surface area contributed by atoms with Gasteiger partial charge in [0.2, 0.25) is 0 Å². The van der Waals surface area contributed by atoms with Crippen molar-refractivity contribution in [1.82, 2.24) is 10.3 Å². The van der Waals surface area contributed by atoms with Gasteiger partial charge in [-0.05, 0) is 49.9 Å². The standard InChI is InChI=1S/C14H21F3N2/c1-2-19-13(4-3-9-14(15,16)17)6-5-12-7-10-18-11-8-12/h7-8,10-11,13,19H,2-6,9H2,1H3. The molecule has 0 saturated heterocycles. The zero-order chi connectivity index (χ0) is 14.1. The molecular weight excluding hydrogens is 253 g/mol. The molecule has 1 aromatic heterocycles. The lowest BCUT2D eigenvalue weighted by Crippen LogP contribution is -2.29. The highest BCUT2D eigenvalue weighted by Gasteiger charge is 2.26. The highest BCUT2D eigenvalue weighted by Crippen LogP contribution is 2.23. The lowest BCUT2D eigenvalue weighted by atomic mass is 10.0. The average Bonchev–Trinajstić information content (AvgIpc) is 2.36. The quantitative estimate of drug-likeness (QED) is 0.781. The summed E-state index contributed by atoms with van der Waals surface area (Å²) in [6, 6.07) is 4.04. The van der Waals surface area contributed by atoms with Crippen molar-refractivity contribution in [2.24, 2.45) is 0 Å². The zero-order valence-corrected chi connectivity index (χ0v) is 11.2. The Kier molecular flexibility index (Phi) is 6.84. The summed E-state index contributed by atoms with van der Waals surface area (Å²) in [5.41, 5.74) is 1.17. The Hall–Kier alpha value is -1.10. The molecule has 1 aromatic rings. The first-order valence-corrected chi connectivity index (χ1v) is 6.70. The van der Waals surface area contributed by atoms with E-state index in [0.717, 1.165) is 19.4 Å². The minimum atomic E-state index is -4.04. The molecule has 108 valence electrons. The molecule has 0 saturated carbocycles. The van der Waals surface area contributed by atoms with Gasteiger partial charge < -0.3 is 5.32 Å². The smallest absolute Gasteiger partial charge is 0.314 e. The van der Waals surface area contributed by atoms with Gasteiger partial charge in [-0.1, -0.05) is 6.92 Å². The number of hydrogen-bond acceptors (Lipinski definition) is 2. The third kappa shape index (κ3) is 7.82. The zero-order valence-electron chi connectivity index (χ0n) is 11.2. The molecule has 0 aliphatic heterocycles. The van der Waals surface area contributed by atoms with Crippen LogP contribution in [0.4, 0.5) is 13.2 Å². The minimum absolute atomic E-state index is 0.153. The Morgan fingerprint density at radius 2 is 1.89 bits per heavy atom. The summed E-state index contributed by atoms with van der Waals surface area (Å²) in [4.78, 5) is 3.94. The Bertz CT molecular complexity index is 338. The molecule has 0 amide bonds. The number of halogens is 3. The predicted molar refractivity (Wildman–Crippen MR) is 69.9 cm³/mol. The van der Waals surface area contributed by atoms with Crippen LogP contribution in [0.5, 0.6) is 0 Å². The van der Waals surface area contributed by atoms with Crippen molar-refractivity contribution in [2.45, 2.75) is 51.2 Å². The molecule has 5 heteroatoms. The number of aromatic nitrogens is 1. The molecule has 0 aliphatic rings. The van der Waals surface area contributed by atoms with Crippen molar-refractivity contribution in [2.75, 3.05) is 6.54 Å². The third-order valence-electron chi connectivity index (χ3n) is 3.04. The fourth-order valence-corrected chi connectivity index (χ4v) is 2.08. The molecule has 1 atom stereocenters. The Morgan fingerprint density at radius 1 is 1.21 bits per heavy atom. The monoisotopic (exact) mass is 274 g/mol. The summed E-state index contributed by atoms with van der Waals surface area (Å²) in [6.45, 7) is 2.76. The largest absolute Gasteiger partial charge is 0.389 e. The van der Waals surface area contributed by atoms with Gasteiger partial charge in [-0.15, -0.1) is 0 Å². The Morgan fingerprint density at radius 3 is 2.47 bits per heavy atom. The van der Waals surface area contributed by atoms with Crippen LogP contribution in [0.2, 0.25) is 0 Å². The molecule has 0 radical (unpaired) electrons. The van der Waals surface area contributed by atoms with E-state index in [-0.39, 0.29) is 12.5 Å². The maximum absolute atomic E-state index is 12.1. The van der Waals surface area contributed by atoms with Crippen LogP contribution in [0.3, 0.4) is 0 Å². The van der Waals surface area contributed by atoms with Gasteiger partial charge in [0.25, 0.3) is 0 Å². The number of rotatable bonds is 8. The van der Waals surface area contributed by atoms with Crippen LogP contribution in [0, 0.1) is 0 Å². The van der Waals surface area contributed by atoms with E-state index >= 15 is 0 Å². The summed E-state index contributed by atoms with van der Waals surface area (Å²) in [7, 11) is 0. The predicted octanol–water partition coefficient (Wildman–Crippen LogP) is 3.72. The summed E-state index contributed by atoms with van der Waals surface area (Å²) in [5, 5.41) is 3.26. The molecule has 0 fully saturated rings. The van der Waals surface area contributed by atoms with Gasteiger partial charge in [-0.2, -0.15) is 13.2 Å². The molecular formula is C14H21F3N2. The maximum atomic E-state index is 12.1. The van der Waals surface area contributed by atoms with Crippen molar-refractivity contribution in [3.8, 4) is 0 Å². The summed E-state index contributed by atoms with van der Waals surface area (Å²) < 4.78 is 36.3. The van der Waals surface area contributed by atoms with Gasteiger partial charge in [0.1, 0.15) is 0 Å². The summed E-state index contributed by atoms with van der Waals surface area (Å²) in [6.07, 6.45) is 1.23. The topological polar surface area (TPSA) is 24.9 Å². The fourth-order valence-electron chi connectivity index (χ4n) is 2.08. The van der Waals surface area contributed by atoms with E-state index in [9.17, 15) is 13.2 Å². The first-order chi connectivity index (χ1) is 9.01. The van der Waals surface area contributed by atoms with Gasteiger partial charge in [0.15, 0.2) is 0 Å². The molecule has 1 heterocycles. The Balaban J connectivity index is 2.32. The van der Waals surface area contributed by atoms with E-state index in [1.54, 1.807) is 12.4 Å². The van der Waals surface area contributed by atoms with E-state index in [1.165, 1.54) is 5.56 Å². The van der Waals surface area contributed by atoms with Gasteiger partial charge in [-0.25, -0.2) is 0 Å². The molecule has 2 nitrogen and oxygen atoms in total. The molecule has 0 bridgehead atoms. The lowest BCUT2D eigenvalue weighted by molar-refractivity contribution is -0.135. The highest BCUT2D eigenvalue weighted by atomic mass is 19.4. The normalized spacial score (nSPS) is 13.5. The van der Waals surface area contributed by atoms with Gasteiger partial charge in [-0.3, -0.25) is 4.98 Å². The van der Waals surface area contributed by atoms with Crippen molar-refractivity contribution in [3.63, 3.8) is 0 Å². The van der Waals surface area contributed by atoms with E-state index in [4.69, 9.17) is 0 Å². The average molecular weight is 274 g/mol. The van der Waals surface area contributed by atoms with Gasteiger partial charge in [0.05, 0.1) is 0 Å². The minimum Gasteiger partial charge on any atom is -0.314 e. The second kappa shape index (κ2) is 8.15. The number of aryl methyl sites for hydroxylation is 1. The lowest BCUT2D eigenvalue weighted by Gasteiger charge is -2.18. The molecule has 0 spiro atoms. The van der Waals surface area contributed by atoms with Crippen LogP contribution in [0.25, 0.3) is 0 Å². The fraction of sp³-hybridized carbons (Fsp3) is 0.643. The number of hydrogen-bond donors (Lipinski definition) is 1. The van der Waals surface area contributed by atoms with Crippen LogP contribution in [0.1, 0.15) is 38.2 Å². The molecule has 0 aliphatic carbocycles. The van der Waals surface area contributed by atoms with Crippen LogP contribution in [-0.4, -0.2) is 23.7 Å². The van der Waals surface area contributed by atoms with Crippen LogP contribution >= 0.6 is 0 Å². The Labute approximate surface area is 112 Å². The second-order valence-electron chi connectivity index (χ2n) is 4.66. The SMILES string of the molecule is CCNC(CCCC(F)(F)F)CCc1ccncc1. The maximum Gasteiger partial charge on any atom is 0.389 e.